The van der Waals surface area contributed by atoms with Crippen molar-refractivity contribution in [1.82, 2.24) is 5.01 Å². The van der Waals surface area contributed by atoms with E-state index in [2.05, 4.69) is 10.1 Å². The zero-order chi connectivity index (χ0) is 27.4. The Balaban J connectivity index is 1.32. The van der Waals surface area contributed by atoms with Gasteiger partial charge in [-0.05, 0) is 67.1 Å². The molecule has 0 aromatic heterocycles. The van der Waals surface area contributed by atoms with Gasteiger partial charge in [0.2, 0.25) is 5.17 Å². The van der Waals surface area contributed by atoms with Crippen molar-refractivity contribution < 1.29 is 19.0 Å². The fraction of sp³-hybridized carbons (Fsp3) is 0.172. The number of amides is 1. The van der Waals surface area contributed by atoms with E-state index in [1.165, 1.54) is 16.8 Å². The molecule has 198 valence electrons. The quantitative estimate of drug-likeness (QED) is 0.248. The summed E-state index contributed by atoms with van der Waals surface area (Å²) in [6.07, 6.45) is 1.60. The highest BCUT2D eigenvalue weighted by Gasteiger charge is 2.36. The number of thioether (sulfide) groups is 1. The molecule has 8 nitrogen and oxygen atoms in total. The maximum Gasteiger partial charge on any atom is 0.283 e. The first-order valence-corrected chi connectivity index (χ1v) is 13.5. The fourth-order valence-corrected chi connectivity index (χ4v) is 5.14. The van der Waals surface area contributed by atoms with Crippen LogP contribution in [0.1, 0.15) is 23.6 Å². The van der Waals surface area contributed by atoms with E-state index in [0.29, 0.717) is 57.7 Å². The summed E-state index contributed by atoms with van der Waals surface area (Å²) in [5.74, 6) is 1.32. The van der Waals surface area contributed by atoms with E-state index in [0.717, 1.165) is 11.3 Å². The number of nitrogens with one attached hydrogen (secondary N) is 1. The van der Waals surface area contributed by atoms with Crippen molar-refractivity contribution in [3.63, 3.8) is 0 Å². The topological polar surface area (TPSA) is 96.6 Å². The molecule has 2 aliphatic rings. The molecule has 3 aromatic carbocycles. The van der Waals surface area contributed by atoms with Gasteiger partial charge in [0.15, 0.2) is 17.3 Å². The molecule has 0 fully saturated rings. The summed E-state index contributed by atoms with van der Waals surface area (Å²) in [7, 11) is 0. The average Bonchev–Trinajstić information content (AvgIpc) is 3.35. The molecule has 0 spiro atoms. The summed E-state index contributed by atoms with van der Waals surface area (Å²) < 4.78 is 17.5. The van der Waals surface area contributed by atoms with Crippen LogP contribution in [0.3, 0.4) is 0 Å². The zero-order valence-electron chi connectivity index (χ0n) is 21.3. The number of fused-ring (bicyclic) bond motifs is 1. The second-order valence-electron chi connectivity index (χ2n) is 8.51. The number of hydrogen-bond acceptors (Lipinski definition) is 7. The lowest BCUT2D eigenvalue weighted by Crippen LogP contribution is -2.35. The first-order chi connectivity index (χ1) is 18.9. The summed E-state index contributed by atoms with van der Waals surface area (Å²) in [5, 5.41) is 16.0. The molecule has 2 heterocycles. The normalized spacial score (nSPS) is 15.7. The lowest BCUT2D eigenvalue weighted by molar-refractivity contribution is -0.114. The number of hydrogen-bond donors (Lipinski definition) is 1. The number of amidine groups is 2. The molecule has 39 heavy (non-hydrogen) atoms. The number of aliphatic imine (C=N–C) groups is 1. The third kappa shape index (κ3) is 5.84. The molecule has 0 saturated heterocycles. The van der Waals surface area contributed by atoms with Gasteiger partial charge in [0, 0.05) is 5.56 Å². The number of carbonyl (C=O) groups excluding carboxylic acids is 1. The van der Waals surface area contributed by atoms with E-state index >= 15 is 0 Å². The predicted octanol–water partition coefficient (Wildman–Crippen LogP) is 6.17. The summed E-state index contributed by atoms with van der Waals surface area (Å²) in [4.78, 5) is 17.0. The van der Waals surface area contributed by atoms with Crippen LogP contribution in [0.15, 0.2) is 82.4 Å². The third-order valence-electron chi connectivity index (χ3n) is 5.83. The first kappa shape index (κ1) is 26.5. The molecule has 0 saturated carbocycles. The fourth-order valence-electron chi connectivity index (χ4n) is 3.93. The average molecular weight is 561 g/mol. The minimum Gasteiger partial charge on any atom is -0.490 e. The van der Waals surface area contributed by atoms with Gasteiger partial charge < -0.3 is 14.2 Å². The van der Waals surface area contributed by atoms with Crippen LogP contribution in [0.5, 0.6) is 17.2 Å². The van der Waals surface area contributed by atoms with Gasteiger partial charge >= 0.3 is 0 Å². The van der Waals surface area contributed by atoms with Crippen LogP contribution in [0.4, 0.5) is 0 Å². The molecule has 5 rings (SSSR count). The number of benzene rings is 3. The van der Waals surface area contributed by atoms with Crippen LogP contribution in [-0.2, 0) is 4.79 Å². The molecule has 0 bridgehead atoms. The van der Waals surface area contributed by atoms with Crippen molar-refractivity contribution in [1.29, 1.82) is 5.41 Å². The molecule has 3 aromatic rings. The lowest BCUT2D eigenvalue weighted by Gasteiger charge is -2.20. The lowest BCUT2D eigenvalue weighted by atomic mass is 10.1. The van der Waals surface area contributed by atoms with Crippen LogP contribution in [0.2, 0.25) is 5.02 Å². The number of nitrogens with zero attached hydrogens (tertiary/aromatic N) is 3. The Kier molecular flexibility index (Phi) is 7.99. The van der Waals surface area contributed by atoms with Crippen LogP contribution in [-0.4, -0.2) is 46.8 Å². The zero-order valence-corrected chi connectivity index (χ0v) is 22.9. The molecular formula is C29H25ClN4O4S. The third-order valence-corrected chi connectivity index (χ3v) is 7.10. The first-order valence-electron chi connectivity index (χ1n) is 12.3. The molecular weight excluding hydrogens is 536 g/mol. The minimum atomic E-state index is -0.513. The van der Waals surface area contributed by atoms with E-state index in [4.69, 9.17) is 31.2 Å². The molecule has 2 aliphatic heterocycles. The van der Waals surface area contributed by atoms with Gasteiger partial charge in [-0.2, -0.15) is 15.1 Å². The highest BCUT2D eigenvalue weighted by Crippen LogP contribution is 2.34. The Bertz CT molecular complexity index is 1540. The van der Waals surface area contributed by atoms with Crippen molar-refractivity contribution >= 4 is 51.4 Å². The number of aryl methyl sites for hydroxylation is 1. The second kappa shape index (κ2) is 11.8. The number of carbonyl (C=O) groups is 1. The van der Waals surface area contributed by atoms with E-state index in [-0.39, 0.29) is 11.4 Å². The van der Waals surface area contributed by atoms with Crippen molar-refractivity contribution in [2.75, 3.05) is 19.8 Å². The standard InChI is InChI=1S/C29H25ClN4O4S/c1-3-36-25-17-19(12-13-24(25)38-15-14-37-23-11-7-4-8-18(23)2)16-21-26(31)34-29(32-27(21)35)39-28(33-34)20-9-5-6-10-22(20)30/h4-13,16-17,31H,3,14-15H2,1-2H3. The molecule has 1 N–H and O–H groups in total. The number of rotatable bonds is 9. The van der Waals surface area contributed by atoms with Gasteiger partial charge in [0.05, 0.1) is 17.2 Å². The molecule has 10 heteroatoms. The van der Waals surface area contributed by atoms with E-state index in [1.54, 1.807) is 30.3 Å². The van der Waals surface area contributed by atoms with Crippen LogP contribution >= 0.6 is 23.4 Å². The Morgan fingerprint density at radius 1 is 0.974 bits per heavy atom. The molecule has 0 unspecified atom stereocenters. The summed E-state index contributed by atoms with van der Waals surface area (Å²) in [6, 6.07) is 20.4. The minimum absolute atomic E-state index is 0.0637. The second-order valence-corrected chi connectivity index (χ2v) is 9.87. The summed E-state index contributed by atoms with van der Waals surface area (Å²) in [5.41, 5.74) is 2.55. The van der Waals surface area contributed by atoms with Gasteiger partial charge in [0.25, 0.3) is 5.91 Å². The van der Waals surface area contributed by atoms with E-state index < -0.39 is 5.91 Å². The Morgan fingerprint density at radius 2 is 1.72 bits per heavy atom. The maximum absolute atomic E-state index is 12.9. The van der Waals surface area contributed by atoms with Gasteiger partial charge in [-0.1, -0.05) is 54.1 Å². The summed E-state index contributed by atoms with van der Waals surface area (Å²) in [6.45, 7) is 5.01. The van der Waals surface area contributed by atoms with Crippen molar-refractivity contribution in [2.24, 2.45) is 10.1 Å². The van der Waals surface area contributed by atoms with Crippen LogP contribution < -0.4 is 14.2 Å². The number of para-hydroxylation sites is 1. The van der Waals surface area contributed by atoms with Gasteiger partial charge in [-0.3, -0.25) is 10.2 Å². The van der Waals surface area contributed by atoms with Gasteiger partial charge in [-0.25, -0.2) is 0 Å². The summed E-state index contributed by atoms with van der Waals surface area (Å²) >= 11 is 7.52. The highest BCUT2D eigenvalue weighted by molar-refractivity contribution is 8.27. The Morgan fingerprint density at radius 3 is 2.49 bits per heavy atom. The smallest absolute Gasteiger partial charge is 0.283 e. The van der Waals surface area contributed by atoms with Crippen molar-refractivity contribution in [2.45, 2.75) is 13.8 Å². The SMILES string of the molecule is CCOc1cc(C=C2C(=N)N3N=C(c4ccccc4Cl)SC3=NC2=O)ccc1OCCOc1ccccc1C. The predicted molar refractivity (Wildman–Crippen MR) is 155 cm³/mol. The Labute approximate surface area is 235 Å². The Hall–Kier alpha value is -4.08. The van der Waals surface area contributed by atoms with Crippen molar-refractivity contribution in [3.8, 4) is 17.2 Å². The molecule has 0 aliphatic carbocycles. The number of halogens is 1. The largest absolute Gasteiger partial charge is 0.490 e. The maximum atomic E-state index is 12.9. The van der Waals surface area contributed by atoms with E-state index in [1.807, 2.05) is 56.3 Å². The molecule has 0 atom stereocenters. The highest BCUT2D eigenvalue weighted by atomic mass is 35.5. The van der Waals surface area contributed by atoms with Crippen LogP contribution in [0.25, 0.3) is 6.08 Å². The molecule has 1 amide bonds. The molecule has 0 radical (unpaired) electrons. The van der Waals surface area contributed by atoms with Crippen molar-refractivity contribution in [3.05, 3.63) is 94.0 Å². The van der Waals surface area contributed by atoms with Gasteiger partial charge in [0.1, 0.15) is 24.0 Å². The van der Waals surface area contributed by atoms with E-state index in [9.17, 15) is 4.79 Å². The van der Waals surface area contributed by atoms with Gasteiger partial charge in [-0.15, -0.1) is 0 Å². The number of hydrazone groups is 1. The monoisotopic (exact) mass is 560 g/mol. The number of ether oxygens (including phenoxy) is 3. The van der Waals surface area contributed by atoms with Crippen LogP contribution in [0, 0.1) is 12.3 Å².